The van der Waals surface area contributed by atoms with Crippen molar-refractivity contribution in [2.24, 2.45) is 0 Å². The third-order valence-corrected chi connectivity index (χ3v) is 4.59. The zero-order chi connectivity index (χ0) is 19.6. The Morgan fingerprint density at radius 1 is 1.30 bits per heavy atom. The first-order chi connectivity index (χ1) is 13.0. The van der Waals surface area contributed by atoms with Crippen LogP contribution in [0.25, 0.3) is 0 Å². The van der Waals surface area contributed by atoms with Gasteiger partial charge < -0.3 is 20.1 Å². The lowest BCUT2D eigenvalue weighted by Crippen LogP contribution is -2.28. The smallest absolute Gasteiger partial charge is 0.254 e. The number of rotatable bonds is 9. The molecule has 0 bridgehead atoms. The summed E-state index contributed by atoms with van der Waals surface area (Å²) in [6.45, 7) is 1.03. The minimum Gasteiger partial charge on any atom is -0.376 e. The molecule has 1 aliphatic heterocycles. The molecule has 1 aromatic carbocycles. The number of halogens is 2. The molecule has 0 aromatic heterocycles. The van der Waals surface area contributed by atoms with Crippen molar-refractivity contribution in [2.45, 2.75) is 25.4 Å². The first-order valence-electron chi connectivity index (χ1n) is 8.76. The second-order valence-corrected chi connectivity index (χ2v) is 7.10. The molecule has 1 heterocycles. The number of anilines is 1. The zero-order valence-corrected chi connectivity index (χ0v) is 16.0. The van der Waals surface area contributed by atoms with Crippen LogP contribution in [0.1, 0.15) is 29.6 Å². The third-order valence-electron chi connectivity index (χ3n) is 3.98. The highest BCUT2D eigenvalue weighted by Crippen LogP contribution is 2.20. The number of benzene rings is 1. The standard InChI is InChI=1S/C18H24F2N2O4S/c1-27-7-5-21-18(24)13-8-16(15(20)9-14(13)19)22-17(23)11-25-10-12-4-2-3-6-26-12/h8-9,12H,2-7,10-11H2,1H3,(H,21,24)(H,22,23). The van der Waals surface area contributed by atoms with Gasteiger partial charge in [0.1, 0.15) is 18.2 Å². The van der Waals surface area contributed by atoms with E-state index in [0.29, 0.717) is 25.0 Å². The van der Waals surface area contributed by atoms with E-state index in [9.17, 15) is 18.4 Å². The van der Waals surface area contributed by atoms with Crippen molar-refractivity contribution in [1.29, 1.82) is 0 Å². The fraction of sp³-hybridized carbons (Fsp3) is 0.556. The molecule has 0 radical (unpaired) electrons. The van der Waals surface area contributed by atoms with Crippen molar-refractivity contribution in [3.8, 4) is 0 Å². The zero-order valence-electron chi connectivity index (χ0n) is 15.2. The molecule has 1 aromatic rings. The van der Waals surface area contributed by atoms with Crippen molar-refractivity contribution >= 4 is 29.3 Å². The van der Waals surface area contributed by atoms with E-state index in [1.165, 1.54) is 11.8 Å². The van der Waals surface area contributed by atoms with Gasteiger partial charge in [-0.15, -0.1) is 0 Å². The van der Waals surface area contributed by atoms with Crippen LogP contribution in [0.3, 0.4) is 0 Å². The van der Waals surface area contributed by atoms with Gasteiger partial charge in [0.2, 0.25) is 5.91 Å². The summed E-state index contributed by atoms with van der Waals surface area (Å²) in [4.78, 5) is 23.9. The lowest BCUT2D eigenvalue weighted by atomic mass is 10.1. The van der Waals surface area contributed by atoms with Crippen LogP contribution in [-0.2, 0) is 14.3 Å². The molecule has 1 aliphatic rings. The maximum absolute atomic E-state index is 13.9. The summed E-state index contributed by atoms with van der Waals surface area (Å²) in [6, 6.07) is 1.57. The first kappa shape index (κ1) is 21.6. The van der Waals surface area contributed by atoms with Crippen LogP contribution in [-0.4, -0.2) is 56.3 Å². The number of hydrogen-bond donors (Lipinski definition) is 2. The summed E-state index contributed by atoms with van der Waals surface area (Å²) in [5, 5.41) is 4.84. The Hall–Kier alpha value is -1.71. The molecule has 2 amide bonds. The van der Waals surface area contributed by atoms with E-state index < -0.39 is 23.4 Å². The van der Waals surface area contributed by atoms with Gasteiger partial charge in [-0.2, -0.15) is 11.8 Å². The first-order valence-corrected chi connectivity index (χ1v) is 10.2. The molecule has 2 N–H and O–H groups in total. The maximum atomic E-state index is 13.9. The normalized spacial score (nSPS) is 16.8. The average molecular weight is 402 g/mol. The molecule has 0 spiro atoms. The fourth-order valence-electron chi connectivity index (χ4n) is 2.59. The van der Waals surface area contributed by atoms with Gasteiger partial charge in [0.15, 0.2) is 0 Å². The van der Waals surface area contributed by atoms with Crippen LogP contribution in [0.4, 0.5) is 14.5 Å². The van der Waals surface area contributed by atoms with Gasteiger partial charge in [-0.3, -0.25) is 9.59 Å². The van der Waals surface area contributed by atoms with E-state index in [-0.39, 0.29) is 30.6 Å². The SMILES string of the molecule is CSCCNC(=O)c1cc(NC(=O)COCC2CCCCO2)c(F)cc1F. The molecule has 1 saturated heterocycles. The van der Waals surface area contributed by atoms with E-state index in [0.717, 1.165) is 25.3 Å². The molecule has 1 atom stereocenters. The minimum atomic E-state index is -0.988. The van der Waals surface area contributed by atoms with Crippen molar-refractivity contribution < 1.29 is 27.8 Å². The molecule has 1 fully saturated rings. The Bertz CT molecular complexity index is 654. The van der Waals surface area contributed by atoms with Gasteiger partial charge in [0.25, 0.3) is 5.91 Å². The lowest BCUT2D eigenvalue weighted by Gasteiger charge is -2.22. The van der Waals surface area contributed by atoms with Crippen LogP contribution in [0.15, 0.2) is 12.1 Å². The average Bonchev–Trinajstić information content (AvgIpc) is 2.65. The number of carbonyl (C=O) groups excluding carboxylic acids is 2. The van der Waals surface area contributed by atoms with Crippen molar-refractivity contribution in [3.63, 3.8) is 0 Å². The predicted octanol–water partition coefficient (Wildman–Crippen LogP) is 2.58. The molecule has 150 valence electrons. The Balaban J connectivity index is 1.89. The second-order valence-electron chi connectivity index (χ2n) is 6.11. The number of thioether (sulfide) groups is 1. The third kappa shape index (κ3) is 7.08. The van der Waals surface area contributed by atoms with E-state index in [4.69, 9.17) is 9.47 Å². The predicted molar refractivity (Wildman–Crippen MR) is 100 cm³/mol. The minimum absolute atomic E-state index is 0.0364. The van der Waals surface area contributed by atoms with Crippen LogP contribution < -0.4 is 10.6 Å². The summed E-state index contributed by atoms with van der Waals surface area (Å²) < 4.78 is 38.6. The second kappa shape index (κ2) is 11.2. The lowest BCUT2D eigenvalue weighted by molar-refractivity contribution is -0.122. The van der Waals surface area contributed by atoms with Gasteiger partial charge in [0, 0.05) is 25.0 Å². The number of hydrogen-bond acceptors (Lipinski definition) is 5. The van der Waals surface area contributed by atoms with Gasteiger partial charge in [0.05, 0.1) is 24.0 Å². The summed E-state index contributed by atoms with van der Waals surface area (Å²) in [6.07, 6.45) is 4.80. The molecule has 2 rings (SSSR count). The van der Waals surface area contributed by atoms with E-state index in [2.05, 4.69) is 10.6 Å². The number of ether oxygens (including phenoxy) is 2. The monoisotopic (exact) mass is 402 g/mol. The molecule has 9 heteroatoms. The highest BCUT2D eigenvalue weighted by molar-refractivity contribution is 7.98. The van der Waals surface area contributed by atoms with Crippen molar-refractivity contribution in [3.05, 3.63) is 29.3 Å². The molecule has 6 nitrogen and oxygen atoms in total. The highest BCUT2D eigenvalue weighted by atomic mass is 32.2. The molecular weight excluding hydrogens is 378 g/mol. The summed E-state index contributed by atoms with van der Waals surface area (Å²) in [5.74, 6) is -2.54. The quantitative estimate of drug-likeness (QED) is 0.621. The highest BCUT2D eigenvalue weighted by Gasteiger charge is 2.18. The molecule has 0 saturated carbocycles. The van der Waals surface area contributed by atoms with E-state index >= 15 is 0 Å². The van der Waals surface area contributed by atoms with Crippen LogP contribution in [0.5, 0.6) is 0 Å². The maximum Gasteiger partial charge on any atom is 0.254 e. The Morgan fingerprint density at radius 2 is 2.11 bits per heavy atom. The molecular formula is C18H24F2N2O4S. The van der Waals surface area contributed by atoms with Crippen LogP contribution in [0.2, 0.25) is 0 Å². The van der Waals surface area contributed by atoms with E-state index in [1.807, 2.05) is 6.26 Å². The van der Waals surface area contributed by atoms with Gasteiger partial charge in [-0.1, -0.05) is 0 Å². The van der Waals surface area contributed by atoms with E-state index in [1.54, 1.807) is 0 Å². The van der Waals surface area contributed by atoms with Crippen LogP contribution in [0, 0.1) is 11.6 Å². The number of carbonyl (C=O) groups is 2. The summed E-state index contributed by atoms with van der Waals surface area (Å²) >= 11 is 1.53. The van der Waals surface area contributed by atoms with Gasteiger partial charge >= 0.3 is 0 Å². The largest absolute Gasteiger partial charge is 0.376 e. The van der Waals surface area contributed by atoms with Crippen molar-refractivity contribution in [1.82, 2.24) is 5.32 Å². The topological polar surface area (TPSA) is 76.7 Å². The Labute approximate surface area is 161 Å². The Morgan fingerprint density at radius 3 is 2.81 bits per heavy atom. The number of nitrogens with one attached hydrogen (secondary N) is 2. The van der Waals surface area contributed by atoms with Gasteiger partial charge in [-0.05, 0) is 31.6 Å². The number of amides is 2. The summed E-state index contributed by atoms with van der Waals surface area (Å²) in [7, 11) is 0. The van der Waals surface area contributed by atoms with Crippen LogP contribution >= 0.6 is 11.8 Å². The summed E-state index contributed by atoms with van der Waals surface area (Å²) in [5.41, 5.74) is -0.599. The fourth-order valence-corrected chi connectivity index (χ4v) is 2.90. The van der Waals surface area contributed by atoms with Gasteiger partial charge in [-0.25, -0.2) is 8.78 Å². The molecule has 27 heavy (non-hydrogen) atoms. The molecule has 0 aliphatic carbocycles. The molecule has 1 unspecified atom stereocenters. The Kier molecular flexibility index (Phi) is 8.96. The van der Waals surface area contributed by atoms with Crippen molar-refractivity contribution in [2.75, 3.05) is 43.7 Å².